The molecule has 0 aliphatic carbocycles. The number of allylic oxidation sites excluding steroid dienone is 1. The molecule has 0 N–H and O–H groups in total. The third-order valence-electron chi connectivity index (χ3n) is 11.2. The minimum Gasteiger partial charge on any atom is -0.309 e. The van der Waals surface area contributed by atoms with Gasteiger partial charge in [0, 0.05) is 27.5 Å². The van der Waals surface area contributed by atoms with Crippen molar-refractivity contribution in [1.29, 1.82) is 0 Å². The largest absolute Gasteiger partial charge is 0.309 e. The van der Waals surface area contributed by atoms with E-state index < -0.39 is 0 Å². The first-order chi connectivity index (χ1) is 26.0. The number of rotatable bonds is 10. The Kier molecular flexibility index (Phi) is 9.54. The Balaban J connectivity index is 1.45. The summed E-state index contributed by atoms with van der Waals surface area (Å²) in [5.41, 5.74) is 13.4. The second-order valence-electron chi connectivity index (χ2n) is 14.5. The first-order valence-corrected chi connectivity index (χ1v) is 19.4. The molecule has 262 valence electrons. The van der Waals surface area contributed by atoms with E-state index in [1.54, 1.807) is 0 Å². The summed E-state index contributed by atoms with van der Waals surface area (Å²) in [5, 5.41) is 7.53. The van der Waals surface area contributed by atoms with Crippen LogP contribution in [0.3, 0.4) is 0 Å². The number of aryl methyl sites for hydroxylation is 1. The summed E-state index contributed by atoms with van der Waals surface area (Å²) in [5.74, 6) is 0.283. The Morgan fingerprint density at radius 3 is 2.06 bits per heavy atom. The first kappa shape index (κ1) is 34.4. The van der Waals surface area contributed by atoms with Crippen molar-refractivity contribution in [3.05, 3.63) is 168 Å². The van der Waals surface area contributed by atoms with Crippen LogP contribution in [0.5, 0.6) is 0 Å². The van der Waals surface area contributed by atoms with E-state index in [0.717, 1.165) is 42.7 Å². The molecule has 0 spiro atoms. The van der Waals surface area contributed by atoms with Gasteiger partial charge in [-0.05, 0) is 94.6 Å². The topological polar surface area (TPSA) is 17.3 Å². The highest BCUT2D eigenvalue weighted by atomic mass is 15.0. The second-order valence-corrected chi connectivity index (χ2v) is 14.5. The summed E-state index contributed by atoms with van der Waals surface area (Å²) in [7, 11) is 0. The van der Waals surface area contributed by atoms with Crippen molar-refractivity contribution in [3.63, 3.8) is 0 Å². The van der Waals surface area contributed by atoms with E-state index in [4.69, 9.17) is 4.99 Å². The van der Waals surface area contributed by atoms with E-state index in [1.807, 2.05) is 0 Å². The Morgan fingerprint density at radius 1 is 0.604 bits per heavy atom. The predicted octanol–water partition coefficient (Wildman–Crippen LogP) is 14.4. The fourth-order valence-corrected chi connectivity index (χ4v) is 8.05. The van der Waals surface area contributed by atoms with Gasteiger partial charge in [0.1, 0.15) is 0 Å². The molecule has 53 heavy (non-hydrogen) atoms. The minimum atomic E-state index is 0.283. The monoisotopic (exact) mass is 688 g/mol. The number of benzene rings is 7. The highest BCUT2D eigenvalue weighted by molar-refractivity contribution is 6.15. The molecule has 0 aliphatic heterocycles. The molecule has 0 fully saturated rings. The molecule has 1 atom stereocenters. The van der Waals surface area contributed by atoms with Crippen molar-refractivity contribution >= 4 is 54.8 Å². The van der Waals surface area contributed by atoms with Crippen LogP contribution >= 0.6 is 0 Å². The lowest BCUT2D eigenvalue weighted by molar-refractivity contribution is 0.741. The Labute approximate surface area is 314 Å². The molecular weight excluding hydrogens is 641 g/mol. The average Bonchev–Trinajstić information content (AvgIpc) is 3.52. The van der Waals surface area contributed by atoms with E-state index in [1.165, 1.54) is 76.9 Å². The number of hydrogen-bond donors (Lipinski definition) is 0. The van der Waals surface area contributed by atoms with Gasteiger partial charge in [-0.1, -0.05) is 155 Å². The molecular formula is C51H48N2. The molecule has 1 unspecified atom stereocenters. The third kappa shape index (κ3) is 6.27. The fourth-order valence-electron chi connectivity index (χ4n) is 8.05. The number of aromatic nitrogens is 1. The van der Waals surface area contributed by atoms with Crippen molar-refractivity contribution in [3.8, 4) is 16.8 Å². The number of nitrogens with zero attached hydrogens (tertiary/aromatic N) is 2. The van der Waals surface area contributed by atoms with Crippen LogP contribution in [0.1, 0.15) is 70.6 Å². The Bertz CT molecular complexity index is 2680. The zero-order valence-corrected chi connectivity index (χ0v) is 31.7. The van der Waals surface area contributed by atoms with Crippen molar-refractivity contribution in [2.24, 2.45) is 10.9 Å². The fraction of sp³-hybridized carbons (Fsp3) is 0.196. The highest BCUT2D eigenvalue weighted by Crippen LogP contribution is 2.41. The molecule has 0 saturated heterocycles. The number of fused-ring (bicyclic) bond motifs is 5. The molecule has 8 aromatic rings. The third-order valence-corrected chi connectivity index (χ3v) is 11.2. The molecule has 0 saturated carbocycles. The molecule has 8 rings (SSSR count). The van der Waals surface area contributed by atoms with Crippen molar-refractivity contribution in [1.82, 2.24) is 4.57 Å². The summed E-state index contributed by atoms with van der Waals surface area (Å²) in [6, 6.07) is 53.8. The molecule has 0 aliphatic rings. The molecule has 1 aromatic heterocycles. The van der Waals surface area contributed by atoms with Gasteiger partial charge in [0.15, 0.2) is 0 Å². The van der Waals surface area contributed by atoms with E-state index in [0.29, 0.717) is 0 Å². The van der Waals surface area contributed by atoms with Crippen LogP contribution in [0.4, 0.5) is 0 Å². The number of aliphatic imine (C=N–C) groups is 1. The van der Waals surface area contributed by atoms with Gasteiger partial charge < -0.3 is 4.57 Å². The maximum absolute atomic E-state index is 5.73. The SMILES string of the molecule is CCCc1ccccc1-c1ccc(/C(N=C(c2cccc3ccccc23)C(C)CC)=C(/C)CC)cc1-n1c2ccccc2c2cc3ccccc3cc21. The van der Waals surface area contributed by atoms with Crippen LogP contribution in [-0.4, -0.2) is 10.3 Å². The molecule has 2 nitrogen and oxygen atoms in total. The Hall–Kier alpha value is -5.73. The lowest BCUT2D eigenvalue weighted by Gasteiger charge is -2.21. The molecule has 7 aromatic carbocycles. The summed E-state index contributed by atoms with van der Waals surface area (Å²) >= 11 is 0. The van der Waals surface area contributed by atoms with E-state index in [-0.39, 0.29) is 5.92 Å². The van der Waals surface area contributed by atoms with E-state index in [2.05, 4.69) is 185 Å². The molecule has 2 heteroatoms. The van der Waals surface area contributed by atoms with Crippen LogP contribution < -0.4 is 0 Å². The molecule has 1 heterocycles. The predicted molar refractivity (Wildman–Crippen MR) is 231 cm³/mol. The number of para-hydroxylation sites is 1. The Morgan fingerprint density at radius 2 is 1.28 bits per heavy atom. The van der Waals surface area contributed by atoms with Crippen molar-refractivity contribution < 1.29 is 0 Å². The molecule has 0 radical (unpaired) electrons. The maximum atomic E-state index is 5.73. The lowest BCUT2D eigenvalue weighted by Crippen LogP contribution is -2.13. The second kappa shape index (κ2) is 14.7. The van der Waals surface area contributed by atoms with Crippen LogP contribution in [-0.2, 0) is 6.42 Å². The highest BCUT2D eigenvalue weighted by Gasteiger charge is 2.21. The molecule has 0 bridgehead atoms. The zero-order chi connectivity index (χ0) is 36.5. The summed E-state index contributed by atoms with van der Waals surface area (Å²) < 4.78 is 2.52. The van der Waals surface area contributed by atoms with Gasteiger partial charge in [0.25, 0.3) is 0 Å². The lowest BCUT2D eigenvalue weighted by atomic mass is 9.91. The summed E-state index contributed by atoms with van der Waals surface area (Å²) in [6.45, 7) is 11.4. The average molecular weight is 689 g/mol. The van der Waals surface area contributed by atoms with Crippen LogP contribution in [0.2, 0.25) is 0 Å². The van der Waals surface area contributed by atoms with E-state index in [9.17, 15) is 0 Å². The van der Waals surface area contributed by atoms with Gasteiger partial charge in [-0.25, -0.2) is 0 Å². The van der Waals surface area contributed by atoms with Crippen molar-refractivity contribution in [2.45, 2.75) is 60.3 Å². The van der Waals surface area contributed by atoms with Crippen LogP contribution in [0.25, 0.3) is 65.9 Å². The van der Waals surface area contributed by atoms with Gasteiger partial charge in [-0.3, -0.25) is 4.99 Å². The first-order valence-electron chi connectivity index (χ1n) is 19.4. The summed E-state index contributed by atoms with van der Waals surface area (Å²) in [4.78, 5) is 5.73. The van der Waals surface area contributed by atoms with Gasteiger partial charge in [0.2, 0.25) is 0 Å². The quantitative estimate of drug-likeness (QED) is 0.127. The smallest absolute Gasteiger partial charge is 0.0695 e. The van der Waals surface area contributed by atoms with Crippen LogP contribution in [0, 0.1) is 5.92 Å². The minimum absolute atomic E-state index is 0.283. The number of hydrogen-bond acceptors (Lipinski definition) is 1. The van der Waals surface area contributed by atoms with Gasteiger partial charge in [-0.15, -0.1) is 0 Å². The summed E-state index contributed by atoms with van der Waals surface area (Å²) in [6.07, 6.45) is 4.05. The zero-order valence-electron chi connectivity index (χ0n) is 31.7. The maximum Gasteiger partial charge on any atom is 0.0695 e. The van der Waals surface area contributed by atoms with Crippen molar-refractivity contribution in [2.75, 3.05) is 0 Å². The van der Waals surface area contributed by atoms with Gasteiger partial charge in [-0.2, -0.15) is 0 Å². The van der Waals surface area contributed by atoms with E-state index >= 15 is 0 Å². The standard InChI is InChI=1S/C51H48N2/c1-6-18-36-19-11-13-24-41(36)44-30-29-40(50(34(4)7-2)52-51(35(5)8-3)45-27-17-23-37-20-12-14-25-42(37)45)33-48(44)53-47-28-16-15-26-43(47)46-31-38-21-9-10-22-39(38)32-49(46)53/h9-17,19-33,35H,6-8,18H2,1-5H3/b50-34+,52-51?. The van der Waals surface area contributed by atoms with Gasteiger partial charge in [0.05, 0.1) is 28.1 Å². The normalized spacial score (nSPS) is 13.3. The van der Waals surface area contributed by atoms with Crippen LogP contribution in [0.15, 0.2) is 156 Å². The molecule has 0 amide bonds. The van der Waals surface area contributed by atoms with Gasteiger partial charge >= 0.3 is 0 Å².